The molecule has 0 aromatic rings. The van der Waals surface area contributed by atoms with E-state index in [1.165, 1.54) is 6.92 Å². The number of carbonyl (C=O) groups is 1. The molecule has 0 spiro atoms. The molecule has 1 heterocycles. The van der Waals surface area contributed by atoms with Crippen molar-refractivity contribution in [2.24, 2.45) is 5.11 Å². The van der Waals surface area contributed by atoms with Crippen molar-refractivity contribution in [3.05, 3.63) is 10.4 Å². The average Bonchev–Trinajstić information content (AvgIpc) is 2.76. The van der Waals surface area contributed by atoms with Crippen LogP contribution in [0.25, 0.3) is 10.4 Å². The predicted molar refractivity (Wildman–Crippen MR) is 123 cm³/mol. The number of rotatable bonds is 17. The van der Waals surface area contributed by atoms with E-state index in [1.807, 2.05) is 13.8 Å². The topological polar surface area (TPSA) is 138 Å². The number of carbonyl (C=O) groups excluding carboxylic acids is 1. The van der Waals surface area contributed by atoms with Crippen LogP contribution in [-0.2, 0) is 37.4 Å². The third-order valence-electron chi connectivity index (χ3n) is 5.06. The van der Waals surface area contributed by atoms with Gasteiger partial charge in [-0.05, 0) is 32.2 Å². The van der Waals surface area contributed by atoms with Crippen LogP contribution in [0.2, 0.25) is 0 Å². The van der Waals surface area contributed by atoms with E-state index in [0.717, 1.165) is 25.7 Å². The molecule has 2 unspecified atom stereocenters. The molecule has 0 N–H and O–H groups in total. The maximum absolute atomic E-state index is 13.2. The lowest BCUT2D eigenvalue weighted by atomic mass is 9.93. The van der Waals surface area contributed by atoms with Gasteiger partial charge in [0.2, 0.25) is 0 Å². The van der Waals surface area contributed by atoms with Gasteiger partial charge in [-0.2, -0.15) is 0 Å². The molecule has 12 heteroatoms. The summed E-state index contributed by atoms with van der Waals surface area (Å²) >= 11 is 0. The van der Waals surface area contributed by atoms with Crippen molar-refractivity contribution in [2.45, 2.75) is 90.8 Å². The summed E-state index contributed by atoms with van der Waals surface area (Å²) < 4.78 is 47.8. The molecule has 1 saturated heterocycles. The minimum atomic E-state index is -3.53. The molecule has 1 fully saturated rings. The second kappa shape index (κ2) is 16.4. The fraction of sp³-hybridized carbons (Fsp3) is 0.952. The number of unbranched alkanes of at least 4 members (excludes halogenated alkanes) is 2. The van der Waals surface area contributed by atoms with E-state index in [9.17, 15) is 14.9 Å². The Kier molecular flexibility index (Phi) is 14.9. The van der Waals surface area contributed by atoms with Crippen molar-refractivity contribution in [3.8, 4) is 0 Å². The fourth-order valence-electron chi connectivity index (χ4n) is 3.56. The molecule has 0 saturated carbocycles. The lowest BCUT2D eigenvalue weighted by Crippen LogP contribution is -2.60. The highest BCUT2D eigenvalue weighted by atomic mass is 31.2. The summed E-state index contributed by atoms with van der Waals surface area (Å²) in [4.78, 5) is 14.5. The highest BCUT2D eigenvalue weighted by Crippen LogP contribution is 2.50. The molecule has 0 bridgehead atoms. The molecule has 192 valence electrons. The standard InChI is InChI=1S/C21H40N3O8P/c1-6-10-12-27-20-17(14-29-16(5)25)32-18(15-33(26,30-8-3)31-9-4)19(23-24-22)21(20)28-13-11-7-2/h17-21H,6-15H2,1-5H3/t17?,18-,19?,20-,21-/m1/s1. The number of ether oxygens (including phenoxy) is 4. The van der Waals surface area contributed by atoms with Crippen molar-refractivity contribution in [2.75, 3.05) is 39.2 Å². The van der Waals surface area contributed by atoms with Crippen LogP contribution in [0.5, 0.6) is 0 Å². The van der Waals surface area contributed by atoms with Crippen LogP contribution in [0.3, 0.4) is 0 Å². The molecule has 1 rings (SSSR count). The minimum Gasteiger partial charge on any atom is -0.463 e. The second-order valence-corrected chi connectivity index (χ2v) is 9.82. The van der Waals surface area contributed by atoms with Crippen LogP contribution in [0.15, 0.2) is 5.11 Å². The molecule has 1 aliphatic heterocycles. The summed E-state index contributed by atoms with van der Waals surface area (Å²) in [6.07, 6.45) is 0.462. The van der Waals surface area contributed by atoms with E-state index >= 15 is 0 Å². The van der Waals surface area contributed by atoms with Gasteiger partial charge in [-0.3, -0.25) is 9.36 Å². The zero-order chi connectivity index (χ0) is 24.7. The van der Waals surface area contributed by atoms with Gasteiger partial charge in [-0.15, -0.1) is 0 Å². The zero-order valence-corrected chi connectivity index (χ0v) is 21.4. The Morgan fingerprint density at radius 3 is 2.06 bits per heavy atom. The normalized spacial score (nSPS) is 25.4. The van der Waals surface area contributed by atoms with Gasteiger partial charge >= 0.3 is 13.6 Å². The van der Waals surface area contributed by atoms with E-state index in [4.69, 9.17) is 28.0 Å². The monoisotopic (exact) mass is 493 g/mol. The Hall–Kier alpha value is -1.19. The van der Waals surface area contributed by atoms with Crippen LogP contribution in [-0.4, -0.2) is 75.6 Å². The molecule has 11 nitrogen and oxygen atoms in total. The van der Waals surface area contributed by atoms with Gasteiger partial charge in [-0.1, -0.05) is 31.8 Å². The van der Waals surface area contributed by atoms with E-state index < -0.39 is 44.0 Å². The first-order valence-corrected chi connectivity index (χ1v) is 13.5. The molecule has 0 amide bonds. The van der Waals surface area contributed by atoms with Gasteiger partial charge in [0.05, 0.1) is 37.6 Å². The van der Waals surface area contributed by atoms with E-state index in [1.54, 1.807) is 13.8 Å². The number of esters is 1. The van der Waals surface area contributed by atoms with E-state index in [-0.39, 0.29) is 26.0 Å². The van der Waals surface area contributed by atoms with E-state index in [0.29, 0.717) is 13.2 Å². The number of azide groups is 1. The van der Waals surface area contributed by atoms with Gasteiger partial charge in [0, 0.05) is 25.0 Å². The molecule has 0 aromatic carbocycles. The Morgan fingerprint density at radius 2 is 1.58 bits per heavy atom. The maximum atomic E-state index is 13.2. The Bertz CT molecular complexity index is 651. The molecule has 0 aliphatic carbocycles. The first-order chi connectivity index (χ1) is 15.9. The highest BCUT2D eigenvalue weighted by Gasteiger charge is 2.49. The van der Waals surface area contributed by atoms with Gasteiger partial charge in [0.25, 0.3) is 0 Å². The van der Waals surface area contributed by atoms with Crippen LogP contribution in [0.4, 0.5) is 0 Å². The molecular formula is C21H40N3O8P. The third kappa shape index (κ3) is 10.3. The summed E-state index contributed by atoms with van der Waals surface area (Å²) in [6, 6.07) is -0.832. The molecule has 5 atom stereocenters. The molecule has 0 radical (unpaired) electrons. The number of hydrogen-bond acceptors (Lipinski definition) is 9. The van der Waals surface area contributed by atoms with Crippen molar-refractivity contribution >= 4 is 13.6 Å². The van der Waals surface area contributed by atoms with Crippen LogP contribution < -0.4 is 0 Å². The van der Waals surface area contributed by atoms with Crippen molar-refractivity contribution in [1.82, 2.24) is 0 Å². The highest BCUT2D eigenvalue weighted by molar-refractivity contribution is 7.53. The van der Waals surface area contributed by atoms with Crippen LogP contribution >= 0.6 is 7.60 Å². The SMILES string of the molecule is CCCCO[C@@H]1C(COC(C)=O)O[C@H](CP(=O)(OCC)OCC)C(N=[N+]=[N-])[C@H]1OCCCC. The van der Waals surface area contributed by atoms with Gasteiger partial charge in [0.1, 0.15) is 18.8 Å². The van der Waals surface area contributed by atoms with Gasteiger partial charge < -0.3 is 28.0 Å². The summed E-state index contributed by atoms with van der Waals surface area (Å²) in [7, 11) is -3.53. The lowest BCUT2D eigenvalue weighted by Gasteiger charge is -2.45. The number of hydrogen-bond donors (Lipinski definition) is 0. The quantitative estimate of drug-likeness (QED) is 0.0713. The molecular weight excluding hydrogens is 453 g/mol. The first kappa shape index (κ1) is 29.8. The Morgan fingerprint density at radius 1 is 1.00 bits per heavy atom. The summed E-state index contributed by atoms with van der Waals surface area (Å²) in [5.74, 6) is -0.461. The lowest BCUT2D eigenvalue weighted by molar-refractivity contribution is -0.218. The smallest absolute Gasteiger partial charge is 0.333 e. The summed E-state index contributed by atoms with van der Waals surface area (Å²) in [6.45, 7) is 10.00. The largest absolute Gasteiger partial charge is 0.463 e. The van der Waals surface area contributed by atoms with E-state index in [2.05, 4.69) is 10.0 Å². The number of nitrogens with zero attached hydrogens (tertiary/aromatic N) is 3. The van der Waals surface area contributed by atoms with Crippen molar-refractivity contribution in [1.29, 1.82) is 0 Å². The Balaban J connectivity index is 3.31. The van der Waals surface area contributed by atoms with Crippen LogP contribution in [0, 0.1) is 0 Å². The second-order valence-electron chi connectivity index (χ2n) is 7.72. The fourth-order valence-corrected chi connectivity index (χ4v) is 5.38. The molecule has 0 aromatic heterocycles. The van der Waals surface area contributed by atoms with Crippen LogP contribution in [0.1, 0.15) is 60.3 Å². The molecule has 1 aliphatic rings. The zero-order valence-electron chi connectivity index (χ0n) is 20.5. The van der Waals surface area contributed by atoms with Gasteiger partial charge in [0.15, 0.2) is 0 Å². The summed E-state index contributed by atoms with van der Waals surface area (Å²) in [5, 5.41) is 3.95. The first-order valence-electron chi connectivity index (χ1n) is 11.8. The van der Waals surface area contributed by atoms with Gasteiger partial charge in [-0.25, -0.2) is 0 Å². The molecule has 33 heavy (non-hydrogen) atoms. The third-order valence-corrected chi connectivity index (χ3v) is 7.17. The average molecular weight is 494 g/mol. The summed E-state index contributed by atoms with van der Waals surface area (Å²) in [5.41, 5.74) is 9.28. The van der Waals surface area contributed by atoms with Crippen molar-refractivity contribution < 1.29 is 37.4 Å². The maximum Gasteiger partial charge on any atom is 0.333 e. The van der Waals surface area contributed by atoms with Crippen molar-refractivity contribution in [3.63, 3.8) is 0 Å². The Labute approximate surface area is 196 Å². The minimum absolute atomic E-state index is 0.0766. The predicted octanol–water partition coefficient (Wildman–Crippen LogP) is 4.63.